The lowest BCUT2D eigenvalue weighted by atomic mass is 10.1. The van der Waals surface area contributed by atoms with Crippen LogP contribution >= 0.6 is 11.3 Å². The third-order valence-electron chi connectivity index (χ3n) is 3.94. The zero-order chi connectivity index (χ0) is 13.2. The molecule has 0 amide bonds. The number of thiophene rings is 1. The minimum atomic E-state index is 1.02. The van der Waals surface area contributed by atoms with E-state index in [-0.39, 0.29) is 0 Å². The molecule has 4 heteroatoms. The molecule has 0 N–H and O–H groups in total. The summed E-state index contributed by atoms with van der Waals surface area (Å²) in [5, 5.41) is 1.35. The van der Waals surface area contributed by atoms with Gasteiger partial charge in [0.05, 0.1) is 5.39 Å². The number of hydrogen-bond donors (Lipinski definition) is 0. The van der Waals surface area contributed by atoms with E-state index in [4.69, 9.17) is 0 Å². The molecule has 0 unspecified atom stereocenters. The molecule has 1 aliphatic rings. The Hall–Kier alpha value is -1.16. The number of hydrogen-bond acceptors (Lipinski definition) is 4. The summed E-state index contributed by atoms with van der Waals surface area (Å²) in [5.74, 6) is 1.17. The lowest BCUT2D eigenvalue weighted by Gasteiger charge is -2.22. The summed E-state index contributed by atoms with van der Waals surface area (Å²) in [6.07, 6.45) is 7.93. The normalized spacial score (nSPS) is 14.0. The van der Waals surface area contributed by atoms with E-state index in [1.807, 2.05) is 11.3 Å². The average molecular weight is 275 g/mol. The zero-order valence-corrected chi connectivity index (χ0v) is 12.6. The maximum Gasteiger partial charge on any atom is 0.141 e. The summed E-state index contributed by atoms with van der Waals surface area (Å²) >= 11 is 1.87. The van der Waals surface area contributed by atoms with Crippen LogP contribution in [0.2, 0.25) is 0 Å². The molecule has 102 valence electrons. The van der Waals surface area contributed by atoms with Crippen LogP contribution < -0.4 is 4.90 Å². The summed E-state index contributed by atoms with van der Waals surface area (Å²) in [6, 6.07) is 0. The van der Waals surface area contributed by atoms with Crippen molar-refractivity contribution in [1.29, 1.82) is 0 Å². The third kappa shape index (κ3) is 2.22. The first-order valence-corrected chi connectivity index (χ1v) is 8.17. The van der Waals surface area contributed by atoms with E-state index in [1.165, 1.54) is 53.7 Å². The van der Waals surface area contributed by atoms with Gasteiger partial charge in [-0.15, -0.1) is 11.3 Å². The molecule has 0 saturated carbocycles. The summed E-state index contributed by atoms with van der Waals surface area (Å²) in [6.45, 7) is 6.59. The van der Waals surface area contributed by atoms with Crippen LogP contribution in [0.5, 0.6) is 0 Å². The van der Waals surface area contributed by atoms with Gasteiger partial charge in [-0.3, -0.25) is 0 Å². The lowest BCUT2D eigenvalue weighted by molar-refractivity contribution is 0.725. The van der Waals surface area contributed by atoms with Gasteiger partial charge >= 0.3 is 0 Å². The van der Waals surface area contributed by atoms with E-state index in [2.05, 4.69) is 28.7 Å². The first-order chi connectivity index (χ1) is 9.35. The molecule has 2 aromatic heterocycles. The van der Waals surface area contributed by atoms with Crippen LogP contribution in [0.3, 0.4) is 0 Å². The van der Waals surface area contributed by atoms with E-state index < -0.39 is 0 Å². The van der Waals surface area contributed by atoms with E-state index >= 15 is 0 Å². The van der Waals surface area contributed by atoms with Crippen LogP contribution in [0.1, 0.15) is 43.6 Å². The Morgan fingerprint density at radius 3 is 2.95 bits per heavy atom. The Bertz CT molecular complexity index is 576. The van der Waals surface area contributed by atoms with Gasteiger partial charge in [0, 0.05) is 18.0 Å². The average Bonchev–Trinajstić information content (AvgIpc) is 2.99. The first kappa shape index (κ1) is 12.9. The minimum Gasteiger partial charge on any atom is -0.356 e. The Balaban J connectivity index is 2.06. The van der Waals surface area contributed by atoms with Gasteiger partial charge < -0.3 is 4.90 Å². The smallest absolute Gasteiger partial charge is 0.141 e. The molecule has 2 aromatic rings. The molecule has 2 heterocycles. The molecule has 0 aromatic carbocycles. The third-order valence-corrected chi connectivity index (χ3v) is 5.14. The Kier molecular flexibility index (Phi) is 3.69. The number of unbranched alkanes of at least 4 members (excludes halogenated alkanes) is 1. The topological polar surface area (TPSA) is 29.0 Å². The molecular weight excluding hydrogens is 254 g/mol. The van der Waals surface area contributed by atoms with Crippen molar-refractivity contribution in [3.63, 3.8) is 0 Å². The van der Waals surface area contributed by atoms with E-state index in [9.17, 15) is 0 Å². The lowest BCUT2D eigenvalue weighted by Crippen LogP contribution is -2.25. The second-order valence-electron chi connectivity index (χ2n) is 5.17. The largest absolute Gasteiger partial charge is 0.356 e. The van der Waals surface area contributed by atoms with Gasteiger partial charge in [0.2, 0.25) is 0 Å². The van der Waals surface area contributed by atoms with Gasteiger partial charge in [-0.1, -0.05) is 13.3 Å². The number of nitrogens with zero attached hydrogens (tertiary/aromatic N) is 3. The summed E-state index contributed by atoms with van der Waals surface area (Å²) in [7, 11) is 0. The maximum absolute atomic E-state index is 4.60. The standard InChI is InChI=1S/C15H21N3S/c1-3-5-9-18(4-2)14-13-11-7-6-8-12(11)19-15(13)17-10-16-14/h10H,3-9H2,1-2H3. The molecule has 3 nitrogen and oxygen atoms in total. The van der Waals surface area contributed by atoms with Crippen LogP contribution in [-0.2, 0) is 12.8 Å². The molecule has 0 fully saturated rings. The van der Waals surface area contributed by atoms with Gasteiger partial charge in [0.1, 0.15) is 17.0 Å². The number of anilines is 1. The predicted molar refractivity (Wildman–Crippen MR) is 82.2 cm³/mol. The first-order valence-electron chi connectivity index (χ1n) is 7.35. The second kappa shape index (κ2) is 5.45. The van der Waals surface area contributed by atoms with Gasteiger partial charge in [-0.05, 0) is 38.2 Å². The van der Waals surface area contributed by atoms with Gasteiger partial charge in [0.15, 0.2) is 0 Å². The number of aromatic nitrogens is 2. The number of rotatable bonds is 5. The number of aryl methyl sites for hydroxylation is 2. The van der Waals surface area contributed by atoms with Crippen LogP contribution in [0.25, 0.3) is 10.2 Å². The molecule has 1 aliphatic carbocycles. The van der Waals surface area contributed by atoms with Gasteiger partial charge in [0.25, 0.3) is 0 Å². The molecule has 19 heavy (non-hydrogen) atoms. The molecule has 0 spiro atoms. The van der Waals surface area contributed by atoms with Crippen molar-refractivity contribution in [2.45, 2.75) is 46.0 Å². The van der Waals surface area contributed by atoms with Crippen molar-refractivity contribution in [2.24, 2.45) is 0 Å². The molecule has 0 bridgehead atoms. The van der Waals surface area contributed by atoms with Gasteiger partial charge in [-0.25, -0.2) is 9.97 Å². The van der Waals surface area contributed by atoms with E-state index in [0.717, 1.165) is 13.1 Å². The monoisotopic (exact) mass is 275 g/mol. The highest BCUT2D eigenvalue weighted by Gasteiger charge is 2.22. The van der Waals surface area contributed by atoms with Crippen molar-refractivity contribution < 1.29 is 0 Å². The minimum absolute atomic E-state index is 1.02. The van der Waals surface area contributed by atoms with Crippen molar-refractivity contribution >= 4 is 27.4 Å². The fourth-order valence-electron chi connectivity index (χ4n) is 2.91. The van der Waals surface area contributed by atoms with Gasteiger partial charge in [-0.2, -0.15) is 0 Å². The van der Waals surface area contributed by atoms with Crippen LogP contribution in [0, 0.1) is 0 Å². The molecule has 0 saturated heterocycles. The van der Waals surface area contributed by atoms with Crippen LogP contribution in [0.4, 0.5) is 5.82 Å². The van der Waals surface area contributed by atoms with Crippen molar-refractivity contribution in [3.8, 4) is 0 Å². The van der Waals surface area contributed by atoms with Crippen molar-refractivity contribution in [2.75, 3.05) is 18.0 Å². The summed E-state index contributed by atoms with van der Waals surface area (Å²) < 4.78 is 0. The second-order valence-corrected chi connectivity index (χ2v) is 6.25. The highest BCUT2D eigenvalue weighted by atomic mass is 32.1. The Morgan fingerprint density at radius 1 is 1.26 bits per heavy atom. The van der Waals surface area contributed by atoms with Crippen LogP contribution in [-0.4, -0.2) is 23.1 Å². The Labute approximate surface area is 118 Å². The highest BCUT2D eigenvalue weighted by molar-refractivity contribution is 7.19. The fourth-order valence-corrected chi connectivity index (χ4v) is 4.14. The van der Waals surface area contributed by atoms with Crippen LogP contribution in [0.15, 0.2) is 6.33 Å². The quantitative estimate of drug-likeness (QED) is 0.831. The fraction of sp³-hybridized carbons (Fsp3) is 0.600. The van der Waals surface area contributed by atoms with Crippen molar-refractivity contribution in [3.05, 3.63) is 16.8 Å². The summed E-state index contributed by atoms with van der Waals surface area (Å²) in [4.78, 5) is 14.2. The molecule has 0 atom stereocenters. The SMILES string of the molecule is CCCCN(CC)c1ncnc2sc3c(c12)CCC3. The Morgan fingerprint density at radius 2 is 2.16 bits per heavy atom. The predicted octanol–water partition coefficient (Wildman–Crippen LogP) is 3.81. The maximum atomic E-state index is 4.60. The van der Waals surface area contributed by atoms with Crippen molar-refractivity contribution in [1.82, 2.24) is 9.97 Å². The molecule has 0 radical (unpaired) electrons. The zero-order valence-electron chi connectivity index (χ0n) is 11.8. The van der Waals surface area contributed by atoms with E-state index in [0.29, 0.717) is 0 Å². The summed E-state index contributed by atoms with van der Waals surface area (Å²) in [5.41, 5.74) is 1.53. The molecule has 3 rings (SSSR count). The highest BCUT2D eigenvalue weighted by Crippen LogP contribution is 2.40. The molecule has 0 aliphatic heterocycles. The number of fused-ring (bicyclic) bond motifs is 3. The molecular formula is C15H21N3S. The van der Waals surface area contributed by atoms with E-state index in [1.54, 1.807) is 11.2 Å².